The molecule has 0 bridgehead atoms. The van der Waals surface area contributed by atoms with Crippen molar-refractivity contribution in [2.24, 2.45) is 0 Å². The van der Waals surface area contributed by atoms with Crippen LogP contribution in [0.2, 0.25) is 0 Å². The van der Waals surface area contributed by atoms with Gasteiger partial charge < -0.3 is 5.73 Å². The van der Waals surface area contributed by atoms with Crippen molar-refractivity contribution in [1.29, 1.82) is 0 Å². The maximum Gasteiger partial charge on any atom is 0.127 e. The first kappa shape index (κ1) is 11.9. The smallest absolute Gasteiger partial charge is 0.127 e. The third-order valence-electron chi connectivity index (χ3n) is 3.51. The van der Waals surface area contributed by atoms with E-state index < -0.39 is 0 Å². The summed E-state index contributed by atoms with van der Waals surface area (Å²) in [5.41, 5.74) is 9.92. The molecule has 3 aromatic rings. The van der Waals surface area contributed by atoms with Gasteiger partial charge >= 0.3 is 0 Å². The number of fused-ring (bicyclic) bond motifs is 2. The first-order valence-corrected chi connectivity index (χ1v) is 8.61. The number of nitrogens with two attached hydrogens (primary N) is 1. The van der Waals surface area contributed by atoms with Crippen LogP contribution >= 0.6 is 38.6 Å². The largest absolute Gasteiger partial charge is 0.390 e. The second-order valence-corrected chi connectivity index (χ2v) is 7.81. The van der Waals surface area contributed by atoms with Gasteiger partial charge in [0, 0.05) is 14.9 Å². The van der Waals surface area contributed by atoms with Crippen molar-refractivity contribution in [3.63, 3.8) is 0 Å². The lowest BCUT2D eigenvalue weighted by Gasteiger charge is -1.98. The summed E-state index contributed by atoms with van der Waals surface area (Å²) in [4.78, 5) is 6.22. The third kappa shape index (κ3) is 1.83. The zero-order valence-electron chi connectivity index (χ0n) is 10.1. The van der Waals surface area contributed by atoms with Crippen LogP contribution in [-0.2, 0) is 12.8 Å². The van der Waals surface area contributed by atoms with E-state index in [1.807, 2.05) is 6.07 Å². The Kier molecular flexibility index (Phi) is 2.69. The zero-order chi connectivity index (χ0) is 13.0. The molecule has 0 atom stereocenters. The Morgan fingerprint density at radius 1 is 1.21 bits per heavy atom. The maximum absolute atomic E-state index is 6.21. The van der Waals surface area contributed by atoms with Gasteiger partial charge in [0.25, 0.3) is 0 Å². The summed E-state index contributed by atoms with van der Waals surface area (Å²) < 4.78 is 2.31. The second-order valence-electron chi connectivity index (χ2n) is 4.73. The first-order valence-electron chi connectivity index (χ1n) is 6.19. The van der Waals surface area contributed by atoms with Crippen LogP contribution in [0.15, 0.2) is 22.7 Å². The van der Waals surface area contributed by atoms with E-state index >= 15 is 0 Å². The van der Waals surface area contributed by atoms with Crippen LogP contribution in [0.4, 0.5) is 5.00 Å². The average molecular weight is 351 g/mol. The van der Waals surface area contributed by atoms with Crippen LogP contribution in [0.1, 0.15) is 16.9 Å². The summed E-state index contributed by atoms with van der Waals surface area (Å²) in [5.74, 6) is 0. The van der Waals surface area contributed by atoms with Crippen molar-refractivity contribution < 1.29 is 0 Å². The van der Waals surface area contributed by atoms with E-state index in [0.717, 1.165) is 26.4 Å². The van der Waals surface area contributed by atoms with Crippen LogP contribution in [0.5, 0.6) is 0 Å². The standard InChI is InChI=1S/C14H11BrN2S2/c15-7-4-5-9-11(6-7)19-14(17-9)12-8-2-1-3-10(8)18-13(12)16/h4-6H,1-3,16H2. The SMILES string of the molecule is Nc1sc2c(c1-c1nc3ccc(Br)cc3s1)CCC2. The predicted octanol–water partition coefficient (Wildman–Crippen LogP) is 4.86. The molecule has 0 unspecified atom stereocenters. The van der Waals surface area contributed by atoms with Gasteiger partial charge in [0.2, 0.25) is 0 Å². The molecule has 0 aliphatic heterocycles. The van der Waals surface area contributed by atoms with Gasteiger partial charge in [-0.05, 0) is 43.0 Å². The number of nitrogens with zero attached hydrogens (tertiary/aromatic N) is 1. The number of halogens is 1. The number of thiazole rings is 1. The summed E-state index contributed by atoms with van der Waals surface area (Å²) in [6.45, 7) is 0. The Labute approximate surface area is 127 Å². The summed E-state index contributed by atoms with van der Waals surface area (Å²) in [6.07, 6.45) is 3.59. The molecule has 0 saturated heterocycles. The molecule has 1 aliphatic carbocycles. The zero-order valence-corrected chi connectivity index (χ0v) is 13.3. The highest BCUT2D eigenvalue weighted by Crippen LogP contribution is 2.45. The maximum atomic E-state index is 6.21. The van der Waals surface area contributed by atoms with Gasteiger partial charge in [0.05, 0.1) is 15.2 Å². The van der Waals surface area contributed by atoms with Crippen molar-refractivity contribution in [3.8, 4) is 10.6 Å². The molecule has 96 valence electrons. The number of aromatic nitrogens is 1. The minimum atomic E-state index is 0.933. The van der Waals surface area contributed by atoms with Gasteiger partial charge in [0.1, 0.15) is 5.01 Å². The van der Waals surface area contributed by atoms with Gasteiger partial charge in [-0.1, -0.05) is 15.9 Å². The molecule has 4 rings (SSSR count). The predicted molar refractivity (Wildman–Crippen MR) is 87.1 cm³/mol. The lowest BCUT2D eigenvalue weighted by atomic mass is 10.1. The van der Waals surface area contributed by atoms with Gasteiger partial charge in [0.15, 0.2) is 0 Å². The Balaban J connectivity index is 1.95. The molecule has 2 N–H and O–H groups in total. The van der Waals surface area contributed by atoms with Crippen LogP contribution in [0.3, 0.4) is 0 Å². The molecule has 0 saturated carbocycles. The molecular weight excluding hydrogens is 340 g/mol. The van der Waals surface area contributed by atoms with Gasteiger partial charge in [-0.25, -0.2) is 4.98 Å². The van der Waals surface area contributed by atoms with Gasteiger partial charge in [-0.2, -0.15) is 0 Å². The van der Waals surface area contributed by atoms with E-state index in [-0.39, 0.29) is 0 Å². The lowest BCUT2D eigenvalue weighted by Crippen LogP contribution is -1.87. The number of thiophene rings is 1. The fourth-order valence-electron chi connectivity index (χ4n) is 2.67. The highest BCUT2D eigenvalue weighted by atomic mass is 79.9. The highest BCUT2D eigenvalue weighted by Gasteiger charge is 2.23. The van der Waals surface area contributed by atoms with Crippen molar-refractivity contribution in [1.82, 2.24) is 4.98 Å². The number of hydrogen-bond donors (Lipinski definition) is 1. The number of hydrogen-bond acceptors (Lipinski definition) is 4. The van der Waals surface area contributed by atoms with Gasteiger partial charge in [-0.15, -0.1) is 22.7 Å². The topological polar surface area (TPSA) is 38.9 Å². The van der Waals surface area contributed by atoms with Gasteiger partial charge in [-0.3, -0.25) is 0 Å². The minimum absolute atomic E-state index is 0.933. The molecule has 5 heteroatoms. The Hall–Kier alpha value is -0.910. The minimum Gasteiger partial charge on any atom is -0.390 e. The van der Waals surface area contributed by atoms with Crippen LogP contribution in [-0.4, -0.2) is 4.98 Å². The normalized spacial score (nSPS) is 14.2. The molecule has 1 aliphatic rings. The Bertz CT molecular complexity index is 788. The molecule has 19 heavy (non-hydrogen) atoms. The first-order chi connectivity index (χ1) is 9.22. The van der Waals surface area contributed by atoms with E-state index in [4.69, 9.17) is 10.7 Å². The van der Waals surface area contributed by atoms with Crippen molar-refractivity contribution in [2.75, 3.05) is 5.73 Å². The molecule has 0 fully saturated rings. The lowest BCUT2D eigenvalue weighted by molar-refractivity contribution is 0.915. The molecule has 0 amide bonds. The molecule has 2 heterocycles. The fourth-order valence-corrected chi connectivity index (χ4v) is 5.50. The van der Waals surface area contributed by atoms with E-state index in [1.54, 1.807) is 22.7 Å². The number of anilines is 1. The van der Waals surface area contributed by atoms with Crippen LogP contribution in [0, 0.1) is 0 Å². The molecule has 2 nitrogen and oxygen atoms in total. The summed E-state index contributed by atoms with van der Waals surface area (Å²) >= 11 is 6.99. The Morgan fingerprint density at radius 2 is 2.11 bits per heavy atom. The quantitative estimate of drug-likeness (QED) is 0.680. The Morgan fingerprint density at radius 3 is 3.00 bits per heavy atom. The summed E-state index contributed by atoms with van der Waals surface area (Å²) in [6, 6.07) is 6.22. The summed E-state index contributed by atoms with van der Waals surface area (Å²) in [5, 5.41) is 2.01. The third-order valence-corrected chi connectivity index (χ3v) is 6.16. The van der Waals surface area contributed by atoms with Crippen LogP contribution in [0.25, 0.3) is 20.8 Å². The fraction of sp³-hybridized carbons (Fsp3) is 0.214. The number of benzene rings is 1. The molecule has 0 radical (unpaired) electrons. The number of nitrogen functional groups attached to an aromatic ring is 1. The van der Waals surface area contributed by atoms with E-state index in [2.05, 4.69) is 28.1 Å². The number of rotatable bonds is 1. The van der Waals surface area contributed by atoms with Crippen molar-refractivity contribution in [3.05, 3.63) is 33.1 Å². The molecule has 1 aromatic carbocycles. The van der Waals surface area contributed by atoms with E-state index in [9.17, 15) is 0 Å². The van der Waals surface area contributed by atoms with Crippen molar-refractivity contribution >= 4 is 53.8 Å². The van der Waals surface area contributed by atoms with E-state index in [0.29, 0.717) is 0 Å². The second kappa shape index (κ2) is 4.30. The number of aryl methyl sites for hydroxylation is 1. The monoisotopic (exact) mass is 350 g/mol. The highest BCUT2D eigenvalue weighted by molar-refractivity contribution is 9.10. The molecule has 0 spiro atoms. The van der Waals surface area contributed by atoms with E-state index in [1.165, 1.54) is 33.5 Å². The molecule has 2 aromatic heterocycles. The molecular formula is C14H11BrN2S2. The van der Waals surface area contributed by atoms with Crippen LogP contribution < -0.4 is 5.73 Å². The summed E-state index contributed by atoms with van der Waals surface area (Å²) in [7, 11) is 0. The van der Waals surface area contributed by atoms with Crippen molar-refractivity contribution in [2.45, 2.75) is 19.3 Å². The average Bonchev–Trinajstić information content (AvgIpc) is 3.01.